The van der Waals surface area contributed by atoms with E-state index in [0.29, 0.717) is 5.82 Å². The molecule has 25 heavy (non-hydrogen) atoms. The Kier molecular flexibility index (Phi) is 4.74. The van der Waals surface area contributed by atoms with Gasteiger partial charge in [0.15, 0.2) is 5.82 Å². The molecule has 0 unspecified atom stereocenters. The summed E-state index contributed by atoms with van der Waals surface area (Å²) in [7, 11) is 0. The van der Waals surface area contributed by atoms with Gasteiger partial charge in [0.2, 0.25) is 5.91 Å². The Labute approximate surface area is 147 Å². The summed E-state index contributed by atoms with van der Waals surface area (Å²) in [6.07, 6.45) is 5.32. The number of carbonyl (C=O) groups is 1. The molecule has 1 fully saturated rings. The number of rotatable bonds is 6. The van der Waals surface area contributed by atoms with E-state index in [0.717, 1.165) is 18.4 Å². The second kappa shape index (κ2) is 6.82. The van der Waals surface area contributed by atoms with Crippen LogP contribution in [-0.2, 0) is 11.3 Å². The Morgan fingerprint density at radius 1 is 1.28 bits per heavy atom. The van der Waals surface area contributed by atoms with E-state index in [1.807, 2.05) is 39.8 Å². The molecule has 0 aliphatic heterocycles. The third-order valence-corrected chi connectivity index (χ3v) is 4.39. The van der Waals surface area contributed by atoms with Gasteiger partial charge >= 0.3 is 5.69 Å². The van der Waals surface area contributed by atoms with Crippen LogP contribution >= 0.6 is 0 Å². The number of amides is 1. The van der Waals surface area contributed by atoms with Crippen LogP contribution in [0.1, 0.15) is 46.6 Å². The molecule has 7 heteroatoms. The number of pyridine rings is 1. The summed E-state index contributed by atoms with van der Waals surface area (Å²) in [4.78, 5) is 31.4. The minimum atomic E-state index is -0.220. The minimum Gasteiger partial charge on any atom is -0.336 e. The van der Waals surface area contributed by atoms with Crippen molar-refractivity contribution in [2.45, 2.75) is 65.2 Å². The fraction of sp³-hybridized carbons (Fsp3) is 0.556. The number of hydrogen-bond acceptors (Lipinski definition) is 4. The number of aromatic nitrogens is 4. The number of hydrogen-bond donors (Lipinski definition) is 0. The van der Waals surface area contributed by atoms with E-state index in [4.69, 9.17) is 0 Å². The lowest BCUT2D eigenvalue weighted by Gasteiger charge is -2.30. The molecular weight excluding hydrogens is 318 g/mol. The molecule has 134 valence electrons. The Morgan fingerprint density at radius 3 is 2.48 bits per heavy atom. The van der Waals surface area contributed by atoms with E-state index in [9.17, 15) is 9.59 Å². The maximum Gasteiger partial charge on any atom is 0.346 e. The molecule has 0 spiro atoms. The summed E-state index contributed by atoms with van der Waals surface area (Å²) in [6.45, 7) is 7.87. The molecule has 0 saturated heterocycles. The molecule has 0 N–H and O–H groups in total. The quantitative estimate of drug-likeness (QED) is 0.805. The van der Waals surface area contributed by atoms with Crippen molar-refractivity contribution in [3.63, 3.8) is 0 Å². The summed E-state index contributed by atoms with van der Waals surface area (Å²) in [5.41, 5.74) is 0.574. The largest absolute Gasteiger partial charge is 0.346 e. The first kappa shape index (κ1) is 17.4. The molecular formula is C18H25N5O2. The Balaban J connectivity index is 1.95. The molecule has 7 nitrogen and oxygen atoms in total. The molecule has 1 aliphatic rings. The molecule has 2 heterocycles. The van der Waals surface area contributed by atoms with E-state index in [1.165, 1.54) is 4.68 Å². The van der Waals surface area contributed by atoms with Gasteiger partial charge < -0.3 is 4.90 Å². The van der Waals surface area contributed by atoms with Crippen LogP contribution in [-0.4, -0.2) is 42.2 Å². The van der Waals surface area contributed by atoms with Gasteiger partial charge in [0.05, 0.1) is 0 Å². The van der Waals surface area contributed by atoms with Crippen molar-refractivity contribution in [1.29, 1.82) is 0 Å². The summed E-state index contributed by atoms with van der Waals surface area (Å²) >= 11 is 0. The van der Waals surface area contributed by atoms with Crippen molar-refractivity contribution in [2.24, 2.45) is 0 Å². The molecule has 0 radical (unpaired) electrons. The standard InChI is InChI=1S/C18H25N5O2/c1-12(2)22(13(3)4)16(24)11-21-18(25)23(15-7-8-15)17(20-21)14-6-5-9-19-10-14/h5-6,9-10,12-13,15H,7-8,11H2,1-4H3. The second-order valence-corrected chi connectivity index (χ2v) is 7.10. The minimum absolute atomic E-state index is 0.0395. The normalized spacial score (nSPS) is 14.3. The smallest absolute Gasteiger partial charge is 0.336 e. The fourth-order valence-electron chi connectivity index (χ4n) is 3.26. The van der Waals surface area contributed by atoms with E-state index in [-0.39, 0.29) is 36.3 Å². The van der Waals surface area contributed by atoms with E-state index >= 15 is 0 Å². The van der Waals surface area contributed by atoms with Crippen LogP contribution in [0.4, 0.5) is 0 Å². The highest BCUT2D eigenvalue weighted by Gasteiger charge is 2.31. The number of nitrogens with zero attached hydrogens (tertiary/aromatic N) is 5. The van der Waals surface area contributed by atoms with E-state index in [1.54, 1.807) is 21.9 Å². The van der Waals surface area contributed by atoms with Crippen LogP contribution in [0, 0.1) is 0 Å². The highest BCUT2D eigenvalue weighted by Crippen LogP contribution is 2.36. The topological polar surface area (TPSA) is 73.0 Å². The first-order valence-corrected chi connectivity index (χ1v) is 8.81. The van der Waals surface area contributed by atoms with Crippen molar-refractivity contribution in [3.05, 3.63) is 35.0 Å². The van der Waals surface area contributed by atoms with E-state index in [2.05, 4.69) is 10.1 Å². The van der Waals surface area contributed by atoms with Crippen LogP contribution in [0.2, 0.25) is 0 Å². The van der Waals surface area contributed by atoms with Gasteiger partial charge in [-0.25, -0.2) is 9.48 Å². The molecule has 1 aliphatic carbocycles. The van der Waals surface area contributed by atoms with Crippen molar-refractivity contribution >= 4 is 5.91 Å². The van der Waals surface area contributed by atoms with Gasteiger partial charge in [0.25, 0.3) is 0 Å². The summed E-state index contributed by atoms with van der Waals surface area (Å²) in [6, 6.07) is 4.03. The lowest BCUT2D eigenvalue weighted by Crippen LogP contribution is -2.45. The van der Waals surface area contributed by atoms with Gasteiger partial charge in [0.1, 0.15) is 6.54 Å². The molecule has 0 atom stereocenters. The molecule has 0 bridgehead atoms. The van der Waals surface area contributed by atoms with Crippen molar-refractivity contribution < 1.29 is 4.79 Å². The summed E-state index contributed by atoms with van der Waals surface area (Å²) < 4.78 is 3.00. The molecule has 3 rings (SSSR count). The molecule has 1 amide bonds. The second-order valence-electron chi connectivity index (χ2n) is 7.10. The molecule has 0 aromatic carbocycles. The highest BCUT2D eigenvalue weighted by molar-refractivity contribution is 5.76. The maximum absolute atomic E-state index is 12.8. The Bertz CT molecular complexity index is 795. The summed E-state index contributed by atoms with van der Waals surface area (Å²) in [5.74, 6) is 0.499. The van der Waals surface area contributed by atoms with Gasteiger partial charge in [-0.3, -0.25) is 14.3 Å². The Hall–Kier alpha value is -2.44. The molecule has 1 saturated carbocycles. The third-order valence-electron chi connectivity index (χ3n) is 4.39. The third kappa shape index (κ3) is 3.50. The zero-order valence-corrected chi connectivity index (χ0v) is 15.2. The van der Waals surface area contributed by atoms with Crippen molar-refractivity contribution in [2.75, 3.05) is 0 Å². The average molecular weight is 343 g/mol. The van der Waals surface area contributed by atoms with Crippen LogP contribution in [0.15, 0.2) is 29.3 Å². The predicted octanol–water partition coefficient (Wildman–Crippen LogP) is 2.09. The first-order valence-electron chi connectivity index (χ1n) is 8.81. The fourth-order valence-corrected chi connectivity index (χ4v) is 3.26. The molecule has 2 aromatic rings. The maximum atomic E-state index is 12.8. The van der Waals surface area contributed by atoms with Crippen LogP contribution in [0.25, 0.3) is 11.4 Å². The summed E-state index contributed by atoms with van der Waals surface area (Å²) in [5, 5.41) is 4.46. The molecule has 2 aromatic heterocycles. The van der Waals surface area contributed by atoms with E-state index < -0.39 is 0 Å². The van der Waals surface area contributed by atoms with Gasteiger partial charge in [-0.2, -0.15) is 0 Å². The Morgan fingerprint density at radius 2 is 1.96 bits per heavy atom. The lowest BCUT2D eigenvalue weighted by molar-refractivity contribution is -0.135. The predicted molar refractivity (Wildman–Crippen MR) is 95.1 cm³/mol. The van der Waals surface area contributed by atoms with Crippen LogP contribution in [0.3, 0.4) is 0 Å². The van der Waals surface area contributed by atoms with Gasteiger partial charge in [-0.15, -0.1) is 5.10 Å². The monoisotopic (exact) mass is 343 g/mol. The zero-order valence-electron chi connectivity index (χ0n) is 15.2. The lowest BCUT2D eigenvalue weighted by atomic mass is 10.2. The SMILES string of the molecule is CC(C)N(C(=O)Cn1nc(-c2cccnc2)n(C2CC2)c1=O)C(C)C. The highest BCUT2D eigenvalue weighted by atomic mass is 16.2. The van der Waals surface area contributed by atoms with Gasteiger partial charge in [-0.1, -0.05) is 0 Å². The average Bonchev–Trinajstić information content (AvgIpc) is 3.33. The number of carbonyl (C=O) groups excluding carboxylic acids is 1. The first-order chi connectivity index (χ1) is 11.9. The zero-order chi connectivity index (χ0) is 18.1. The van der Waals surface area contributed by atoms with Crippen LogP contribution in [0.5, 0.6) is 0 Å². The van der Waals surface area contributed by atoms with Gasteiger partial charge in [0, 0.05) is 36.1 Å². The van der Waals surface area contributed by atoms with Crippen LogP contribution < -0.4 is 5.69 Å². The van der Waals surface area contributed by atoms with Crippen molar-refractivity contribution in [3.8, 4) is 11.4 Å². The van der Waals surface area contributed by atoms with Gasteiger partial charge in [-0.05, 0) is 52.7 Å². The van der Waals surface area contributed by atoms with Crippen molar-refractivity contribution in [1.82, 2.24) is 24.2 Å².